The number of aryl methyl sites for hydroxylation is 1. The molecule has 0 bridgehead atoms. The molecule has 2 aliphatic rings. The number of anilines is 1. The first-order valence-electron chi connectivity index (χ1n) is 11.3. The fraction of sp³-hybridized carbons (Fsp3) is 0.375. The van der Waals surface area contributed by atoms with Crippen LogP contribution in [-0.4, -0.2) is 50.0 Å². The standard InChI is InChI=1S/C24H24ClN5O4S/c1-12-5-15(16-7-21(25)27-9-19(16)34-2)17(8-26-12)22(32)29-24-28-18-10-30(11-20(18)35-24)23(33)13-3-4-14(31)6-13/h5,7-9,13-14,31H,3-4,6,10-11H2,1-2H3,(H,28,29,32)/t13-,14-/m0/s1. The van der Waals surface area contributed by atoms with Gasteiger partial charge in [-0.25, -0.2) is 9.97 Å². The topological polar surface area (TPSA) is 118 Å². The molecule has 2 atom stereocenters. The summed E-state index contributed by atoms with van der Waals surface area (Å²) < 4.78 is 5.43. The van der Waals surface area contributed by atoms with Gasteiger partial charge in [-0.05, 0) is 38.3 Å². The van der Waals surface area contributed by atoms with Crippen LogP contribution in [0.2, 0.25) is 5.15 Å². The lowest BCUT2D eigenvalue weighted by molar-refractivity contribution is -0.136. The number of halogens is 1. The van der Waals surface area contributed by atoms with E-state index in [2.05, 4.69) is 20.3 Å². The van der Waals surface area contributed by atoms with Gasteiger partial charge in [-0.3, -0.25) is 19.9 Å². The number of aromatic nitrogens is 3. The van der Waals surface area contributed by atoms with Crippen molar-refractivity contribution in [2.75, 3.05) is 12.4 Å². The first-order chi connectivity index (χ1) is 16.8. The molecule has 0 unspecified atom stereocenters. The number of carbonyl (C=O) groups excluding carboxylic acids is 2. The lowest BCUT2D eigenvalue weighted by atomic mass is 10.0. The molecule has 1 fully saturated rings. The zero-order valence-electron chi connectivity index (χ0n) is 19.2. The molecule has 0 radical (unpaired) electrons. The normalized spacial score (nSPS) is 19.0. The largest absolute Gasteiger partial charge is 0.494 e. The quantitative estimate of drug-likeness (QED) is 0.498. The number of pyridine rings is 2. The molecule has 0 spiro atoms. The molecule has 4 heterocycles. The summed E-state index contributed by atoms with van der Waals surface area (Å²) in [6.07, 6.45) is 4.57. The van der Waals surface area contributed by atoms with Crippen molar-refractivity contribution < 1.29 is 19.4 Å². The molecule has 9 nitrogen and oxygen atoms in total. The van der Waals surface area contributed by atoms with Gasteiger partial charge in [-0.15, -0.1) is 0 Å². The Labute approximate surface area is 211 Å². The number of nitrogens with one attached hydrogen (secondary N) is 1. The van der Waals surface area contributed by atoms with E-state index in [1.807, 2.05) is 6.92 Å². The van der Waals surface area contributed by atoms with E-state index in [0.717, 1.165) is 22.7 Å². The van der Waals surface area contributed by atoms with Crippen molar-refractivity contribution in [1.82, 2.24) is 19.9 Å². The van der Waals surface area contributed by atoms with Gasteiger partial charge in [-0.1, -0.05) is 22.9 Å². The van der Waals surface area contributed by atoms with Crippen molar-refractivity contribution in [3.63, 3.8) is 0 Å². The van der Waals surface area contributed by atoms with Crippen LogP contribution in [0.1, 0.15) is 45.9 Å². The average Bonchev–Trinajstić information content (AvgIpc) is 3.53. The van der Waals surface area contributed by atoms with Gasteiger partial charge in [0.1, 0.15) is 10.9 Å². The summed E-state index contributed by atoms with van der Waals surface area (Å²) in [5.74, 6) is 0.0755. The molecule has 0 aromatic carbocycles. The molecule has 2 amide bonds. The Balaban J connectivity index is 1.34. The molecule has 182 valence electrons. The average molecular weight is 514 g/mol. The predicted molar refractivity (Wildman–Crippen MR) is 131 cm³/mol. The van der Waals surface area contributed by atoms with E-state index >= 15 is 0 Å². The minimum Gasteiger partial charge on any atom is -0.494 e. The fourth-order valence-electron chi connectivity index (χ4n) is 4.61. The summed E-state index contributed by atoms with van der Waals surface area (Å²) in [5.41, 5.74) is 3.14. The van der Waals surface area contributed by atoms with E-state index in [4.69, 9.17) is 16.3 Å². The van der Waals surface area contributed by atoms with Gasteiger partial charge in [0.25, 0.3) is 5.91 Å². The van der Waals surface area contributed by atoms with Gasteiger partial charge < -0.3 is 14.7 Å². The summed E-state index contributed by atoms with van der Waals surface area (Å²) >= 11 is 7.48. The lowest BCUT2D eigenvalue weighted by Crippen LogP contribution is -2.31. The number of hydrogen-bond acceptors (Lipinski definition) is 8. The highest BCUT2D eigenvalue weighted by Crippen LogP contribution is 2.36. The monoisotopic (exact) mass is 513 g/mol. The smallest absolute Gasteiger partial charge is 0.259 e. The van der Waals surface area contributed by atoms with Crippen LogP contribution in [-0.2, 0) is 17.9 Å². The molecule has 11 heteroatoms. The highest BCUT2D eigenvalue weighted by molar-refractivity contribution is 7.16. The van der Waals surface area contributed by atoms with Crippen LogP contribution in [0.5, 0.6) is 5.75 Å². The second-order valence-electron chi connectivity index (χ2n) is 8.78. The molecule has 35 heavy (non-hydrogen) atoms. The second-order valence-corrected chi connectivity index (χ2v) is 10.3. The summed E-state index contributed by atoms with van der Waals surface area (Å²) in [4.78, 5) is 41.7. The number of ether oxygens (including phenoxy) is 1. The number of amides is 2. The van der Waals surface area contributed by atoms with Crippen LogP contribution in [0, 0.1) is 12.8 Å². The van der Waals surface area contributed by atoms with Gasteiger partial charge in [0.15, 0.2) is 5.13 Å². The number of hydrogen-bond donors (Lipinski definition) is 2. The third-order valence-corrected chi connectivity index (χ3v) is 7.57. The second kappa shape index (κ2) is 9.52. The summed E-state index contributed by atoms with van der Waals surface area (Å²) in [7, 11) is 1.53. The number of aliphatic hydroxyl groups is 1. The van der Waals surface area contributed by atoms with Crippen molar-refractivity contribution in [3.8, 4) is 16.9 Å². The fourth-order valence-corrected chi connectivity index (χ4v) is 5.75. The van der Waals surface area contributed by atoms with Gasteiger partial charge in [0.2, 0.25) is 5.91 Å². The van der Waals surface area contributed by atoms with Gasteiger partial charge in [-0.2, -0.15) is 0 Å². The Morgan fingerprint density at radius 3 is 2.74 bits per heavy atom. The first kappa shape index (κ1) is 23.7. The Morgan fingerprint density at radius 1 is 1.20 bits per heavy atom. The molecule has 1 aliphatic carbocycles. The zero-order chi connectivity index (χ0) is 24.7. The maximum atomic E-state index is 13.2. The predicted octanol–water partition coefficient (Wildman–Crippen LogP) is 3.83. The molecule has 2 N–H and O–H groups in total. The van der Waals surface area contributed by atoms with Crippen LogP contribution in [0.3, 0.4) is 0 Å². The van der Waals surface area contributed by atoms with Crippen LogP contribution < -0.4 is 10.1 Å². The Morgan fingerprint density at radius 2 is 2.03 bits per heavy atom. The molecule has 0 saturated heterocycles. The Hall–Kier alpha value is -3.08. The number of rotatable bonds is 5. The van der Waals surface area contributed by atoms with Crippen LogP contribution in [0.15, 0.2) is 24.5 Å². The van der Waals surface area contributed by atoms with E-state index in [-0.39, 0.29) is 29.0 Å². The van der Waals surface area contributed by atoms with Crippen molar-refractivity contribution in [2.24, 2.45) is 5.92 Å². The van der Waals surface area contributed by atoms with Crippen molar-refractivity contribution in [1.29, 1.82) is 0 Å². The van der Waals surface area contributed by atoms with Gasteiger partial charge in [0, 0.05) is 28.9 Å². The molecule has 5 rings (SSSR count). The van der Waals surface area contributed by atoms with Crippen molar-refractivity contribution in [3.05, 3.63) is 51.5 Å². The highest BCUT2D eigenvalue weighted by atomic mass is 35.5. The Kier molecular flexibility index (Phi) is 6.43. The van der Waals surface area contributed by atoms with Crippen LogP contribution in [0.25, 0.3) is 11.1 Å². The Bertz CT molecular complexity index is 1290. The van der Waals surface area contributed by atoms with Crippen LogP contribution >= 0.6 is 22.9 Å². The van der Waals surface area contributed by atoms with Crippen LogP contribution in [0.4, 0.5) is 5.13 Å². The van der Waals surface area contributed by atoms with E-state index in [1.165, 1.54) is 30.8 Å². The van der Waals surface area contributed by atoms with E-state index in [9.17, 15) is 14.7 Å². The summed E-state index contributed by atoms with van der Waals surface area (Å²) in [5, 5.41) is 13.4. The van der Waals surface area contributed by atoms with Crippen molar-refractivity contribution in [2.45, 2.75) is 45.4 Å². The molecule has 3 aromatic heterocycles. The lowest BCUT2D eigenvalue weighted by Gasteiger charge is -2.19. The number of nitrogens with zero attached hydrogens (tertiary/aromatic N) is 4. The van der Waals surface area contributed by atoms with E-state index < -0.39 is 0 Å². The molecule has 1 aliphatic heterocycles. The molecular formula is C24H24ClN5O4S. The SMILES string of the molecule is COc1cnc(Cl)cc1-c1cc(C)ncc1C(=O)Nc1nc2c(s1)CN(C(=O)[C@H]1CC[C@H](O)C1)C2. The maximum absolute atomic E-state index is 13.2. The van der Waals surface area contributed by atoms with Gasteiger partial charge >= 0.3 is 0 Å². The highest BCUT2D eigenvalue weighted by Gasteiger charge is 2.35. The maximum Gasteiger partial charge on any atom is 0.259 e. The summed E-state index contributed by atoms with van der Waals surface area (Å²) in [6, 6.07) is 3.45. The third-order valence-electron chi connectivity index (χ3n) is 6.37. The number of thiazole rings is 1. The first-order valence-corrected chi connectivity index (χ1v) is 12.4. The van der Waals surface area contributed by atoms with E-state index in [1.54, 1.807) is 17.0 Å². The van der Waals surface area contributed by atoms with Crippen molar-refractivity contribution >= 4 is 39.9 Å². The number of carbonyl (C=O) groups is 2. The molecule has 1 saturated carbocycles. The third kappa shape index (κ3) is 4.73. The zero-order valence-corrected chi connectivity index (χ0v) is 20.8. The minimum absolute atomic E-state index is 0.0673. The summed E-state index contributed by atoms with van der Waals surface area (Å²) in [6.45, 7) is 2.72. The molecule has 3 aromatic rings. The minimum atomic E-state index is -0.384. The van der Waals surface area contributed by atoms with Gasteiger partial charge in [0.05, 0.1) is 48.6 Å². The van der Waals surface area contributed by atoms with E-state index in [0.29, 0.717) is 53.5 Å². The number of aliphatic hydroxyl groups excluding tert-OH is 1. The number of methoxy groups -OCH3 is 1. The number of fused-ring (bicyclic) bond motifs is 1. The molecular weight excluding hydrogens is 490 g/mol.